The number of ether oxygens (including phenoxy) is 1. The van der Waals surface area contributed by atoms with E-state index in [1.165, 1.54) is 0 Å². The molecule has 4 nitrogen and oxygen atoms in total. The van der Waals surface area contributed by atoms with Crippen LogP contribution in [0.1, 0.15) is 52.8 Å². The molecule has 0 spiro atoms. The SMILES string of the molecule is O=C(O)c1c(Cl)c(Cl)c(Cl)c(Cl)c1C(=O)O[C@H]1CCC=CCCC1. The number of rotatable bonds is 3. The van der Waals surface area contributed by atoms with E-state index in [0.29, 0.717) is 12.8 Å². The minimum absolute atomic E-state index is 0.180. The molecule has 0 saturated heterocycles. The van der Waals surface area contributed by atoms with Gasteiger partial charge in [-0.3, -0.25) is 0 Å². The third-order valence-corrected chi connectivity index (χ3v) is 5.48. The average Bonchev–Trinajstić information content (AvgIpc) is 2.50. The fourth-order valence-electron chi connectivity index (χ4n) is 2.48. The topological polar surface area (TPSA) is 63.6 Å². The fraction of sp³-hybridized carbons (Fsp3) is 0.375. The van der Waals surface area contributed by atoms with Crippen molar-refractivity contribution >= 4 is 58.3 Å². The maximum Gasteiger partial charge on any atom is 0.340 e. The number of aromatic carboxylic acids is 1. The van der Waals surface area contributed by atoms with Crippen LogP contribution in [0.15, 0.2) is 12.2 Å². The monoisotopic (exact) mass is 410 g/mol. The third-order valence-electron chi connectivity index (χ3n) is 3.68. The van der Waals surface area contributed by atoms with Gasteiger partial charge in [-0.25, -0.2) is 9.59 Å². The van der Waals surface area contributed by atoms with E-state index >= 15 is 0 Å². The minimum atomic E-state index is -1.44. The van der Waals surface area contributed by atoms with Crippen LogP contribution in [-0.2, 0) is 4.74 Å². The number of esters is 1. The van der Waals surface area contributed by atoms with E-state index < -0.39 is 17.5 Å². The van der Waals surface area contributed by atoms with Crippen molar-refractivity contribution in [1.82, 2.24) is 0 Å². The van der Waals surface area contributed by atoms with Crippen LogP contribution in [-0.4, -0.2) is 23.1 Å². The quantitative estimate of drug-likeness (QED) is 0.285. The molecule has 1 atom stereocenters. The lowest BCUT2D eigenvalue weighted by atomic mass is 10.0. The van der Waals surface area contributed by atoms with Crippen LogP contribution in [0.25, 0.3) is 0 Å². The summed E-state index contributed by atoms with van der Waals surface area (Å²) in [6, 6.07) is 0. The molecule has 1 aromatic rings. The van der Waals surface area contributed by atoms with Crippen molar-refractivity contribution in [2.24, 2.45) is 0 Å². The maximum absolute atomic E-state index is 12.5. The molecule has 0 heterocycles. The van der Waals surface area contributed by atoms with Crippen molar-refractivity contribution in [2.75, 3.05) is 0 Å². The summed E-state index contributed by atoms with van der Waals surface area (Å²) in [4.78, 5) is 24.0. The molecule has 0 radical (unpaired) electrons. The standard InChI is InChI=1S/C16H14Cl4O4/c17-11-9(15(21)22)10(12(18)14(20)13(11)19)16(23)24-8-6-4-2-1-3-5-7-8/h1-2,8H,3-7H2,(H,21,22)/t8-/m0/s1. The van der Waals surface area contributed by atoms with Crippen molar-refractivity contribution in [1.29, 1.82) is 0 Å². The van der Waals surface area contributed by atoms with E-state index in [4.69, 9.17) is 51.1 Å². The van der Waals surface area contributed by atoms with Gasteiger partial charge in [0.1, 0.15) is 6.10 Å². The van der Waals surface area contributed by atoms with Gasteiger partial charge in [0.2, 0.25) is 0 Å². The first kappa shape index (κ1) is 19.4. The number of carboxylic acids is 1. The van der Waals surface area contributed by atoms with Gasteiger partial charge in [0.05, 0.1) is 31.2 Å². The lowest BCUT2D eigenvalue weighted by Crippen LogP contribution is -2.21. The van der Waals surface area contributed by atoms with E-state index in [1.807, 2.05) is 6.08 Å². The number of carbonyl (C=O) groups excluding carboxylic acids is 1. The van der Waals surface area contributed by atoms with Crippen molar-refractivity contribution < 1.29 is 19.4 Å². The molecule has 1 aliphatic rings. The Bertz CT molecular complexity index is 700. The van der Waals surface area contributed by atoms with E-state index in [1.54, 1.807) is 0 Å². The summed E-state index contributed by atoms with van der Waals surface area (Å²) in [6.07, 6.45) is 7.70. The Kier molecular flexibility index (Phi) is 6.81. The average molecular weight is 412 g/mol. The second-order valence-electron chi connectivity index (χ2n) is 5.32. The summed E-state index contributed by atoms with van der Waals surface area (Å²) in [5, 5.41) is 8.35. The van der Waals surface area contributed by atoms with E-state index in [9.17, 15) is 14.7 Å². The highest BCUT2D eigenvalue weighted by Crippen LogP contribution is 2.42. The molecule has 0 saturated carbocycles. The first-order valence-corrected chi connectivity index (χ1v) is 8.81. The largest absolute Gasteiger partial charge is 0.478 e. The van der Waals surface area contributed by atoms with Gasteiger partial charge in [0.15, 0.2) is 0 Å². The molecule has 0 amide bonds. The molecule has 2 rings (SSSR count). The summed E-state index contributed by atoms with van der Waals surface area (Å²) >= 11 is 23.8. The maximum atomic E-state index is 12.5. The van der Waals surface area contributed by atoms with Crippen molar-refractivity contribution in [3.8, 4) is 0 Å². The third kappa shape index (κ3) is 4.17. The first-order chi connectivity index (χ1) is 11.3. The molecule has 1 N–H and O–H groups in total. The van der Waals surface area contributed by atoms with Crippen LogP contribution in [0, 0.1) is 0 Å². The Morgan fingerprint density at radius 3 is 2.12 bits per heavy atom. The highest BCUT2D eigenvalue weighted by atomic mass is 35.5. The molecule has 0 aromatic heterocycles. The van der Waals surface area contributed by atoms with Crippen LogP contribution in [0.5, 0.6) is 0 Å². The summed E-state index contributed by atoms with van der Waals surface area (Å²) in [6.45, 7) is 0. The number of carbonyl (C=O) groups is 2. The van der Waals surface area contributed by atoms with Crippen LogP contribution in [0.2, 0.25) is 20.1 Å². The van der Waals surface area contributed by atoms with Gasteiger partial charge in [-0.1, -0.05) is 58.6 Å². The Hall–Kier alpha value is -0.940. The highest BCUT2D eigenvalue weighted by Gasteiger charge is 2.31. The summed E-state index contributed by atoms with van der Waals surface area (Å²) < 4.78 is 5.45. The zero-order chi connectivity index (χ0) is 17.9. The van der Waals surface area contributed by atoms with Gasteiger partial charge >= 0.3 is 11.9 Å². The van der Waals surface area contributed by atoms with E-state index in [-0.39, 0.29) is 31.8 Å². The molecule has 0 fully saturated rings. The van der Waals surface area contributed by atoms with Crippen molar-refractivity contribution in [3.05, 3.63) is 43.4 Å². The van der Waals surface area contributed by atoms with E-state index in [2.05, 4.69) is 6.08 Å². The molecule has 1 aliphatic carbocycles. The molecular weight excluding hydrogens is 398 g/mol. The Morgan fingerprint density at radius 1 is 0.917 bits per heavy atom. The summed E-state index contributed by atoms with van der Waals surface area (Å²) in [7, 11) is 0. The molecule has 1 aromatic carbocycles. The molecule has 24 heavy (non-hydrogen) atoms. The molecule has 0 bridgehead atoms. The predicted octanol–water partition coefficient (Wildman–Crippen LogP) is 6.04. The summed E-state index contributed by atoms with van der Waals surface area (Å²) in [5.41, 5.74) is -0.882. The Morgan fingerprint density at radius 2 is 1.50 bits per heavy atom. The molecular formula is C16H14Cl4O4. The second-order valence-corrected chi connectivity index (χ2v) is 6.83. The lowest BCUT2D eigenvalue weighted by Gasteiger charge is -2.20. The molecule has 8 heteroatoms. The number of benzene rings is 1. The van der Waals surface area contributed by atoms with Gasteiger partial charge < -0.3 is 9.84 Å². The number of halogens is 4. The van der Waals surface area contributed by atoms with Gasteiger partial charge in [0.25, 0.3) is 0 Å². The summed E-state index contributed by atoms with van der Waals surface area (Å²) in [5.74, 6) is -2.31. The highest BCUT2D eigenvalue weighted by molar-refractivity contribution is 6.54. The predicted molar refractivity (Wildman–Crippen MR) is 94.9 cm³/mol. The van der Waals surface area contributed by atoms with Gasteiger partial charge in [-0.05, 0) is 32.1 Å². The van der Waals surface area contributed by atoms with Gasteiger partial charge in [-0.15, -0.1) is 0 Å². The number of allylic oxidation sites excluding steroid dienone is 2. The molecule has 0 unspecified atom stereocenters. The van der Waals surface area contributed by atoms with Crippen molar-refractivity contribution in [2.45, 2.75) is 38.2 Å². The van der Waals surface area contributed by atoms with Crippen LogP contribution >= 0.6 is 46.4 Å². The zero-order valence-corrected chi connectivity index (χ0v) is 15.5. The fourth-order valence-corrected chi connectivity index (χ4v) is 3.49. The zero-order valence-electron chi connectivity index (χ0n) is 12.5. The van der Waals surface area contributed by atoms with Gasteiger partial charge in [0, 0.05) is 0 Å². The smallest absolute Gasteiger partial charge is 0.340 e. The minimum Gasteiger partial charge on any atom is -0.478 e. The number of hydrogen-bond acceptors (Lipinski definition) is 3. The van der Waals surface area contributed by atoms with Crippen LogP contribution < -0.4 is 0 Å². The van der Waals surface area contributed by atoms with Crippen LogP contribution in [0.4, 0.5) is 0 Å². The lowest BCUT2D eigenvalue weighted by molar-refractivity contribution is 0.0253. The Balaban J connectivity index is 2.38. The Labute approximate surface area is 159 Å². The molecule has 130 valence electrons. The van der Waals surface area contributed by atoms with E-state index in [0.717, 1.165) is 19.3 Å². The number of hydrogen-bond donors (Lipinski definition) is 1. The number of carboxylic acid groups (broad SMARTS) is 1. The van der Waals surface area contributed by atoms with Crippen molar-refractivity contribution in [3.63, 3.8) is 0 Å². The second kappa shape index (κ2) is 8.43. The van der Waals surface area contributed by atoms with Gasteiger partial charge in [-0.2, -0.15) is 0 Å². The normalized spacial score (nSPS) is 17.9. The van der Waals surface area contributed by atoms with Crippen LogP contribution in [0.3, 0.4) is 0 Å². The first-order valence-electron chi connectivity index (χ1n) is 7.29. The molecule has 0 aliphatic heterocycles.